The van der Waals surface area contributed by atoms with Crippen molar-refractivity contribution in [3.63, 3.8) is 0 Å². The van der Waals surface area contributed by atoms with Crippen LogP contribution in [0.3, 0.4) is 0 Å². The van der Waals surface area contributed by atoms with Crippen molar-refractivity contribution >= 4 is 31.9 Å². The van der Waals surface area contributed by atoms with Crippen LogP contribution in [-0.2, 0) is 18.8 Å². The van der Waals surface area contributed by atoms with Gasteiger partial charge in [0.2, 0.25) is 0 Å². The average molecular weight is 374 g/mol. The number of imidazole rings is 1. The summed E-state index contributed by atoms with van der Waals surface area (Å²) in [5.74, 6) is 1.93. The van der Waals surface area contributed by atoms with Gasteiger partial charge in [0.1, 0.15) is 11.6 Å². The van der Waals surface area contributed by atoms with Gasteiger partial charge in [0.25, 0.3) is 0 Å². The third kappa shape index (κ3) is 3.36. The Kier molecular flexibility index (Phi) is 4.83. The van der Waals surface area contributed by atoms with Gasteiger partial charge in [-0.2, -0.15) is 0 Å². The molecule has 0 aliphatic rings. The number of hydrogen-bond acceptors (Lipinski definition) is 2. The SMILES string of the molecule is Cn1ccnc1CCOc1ccc(Br)c(CBr)c1. The van der Waals surface area contributed by atoms with Gasteiger partial charge in [-0.15, -0.1) is 0 Å². The Morgan fingerprint density at radius 3 is 2.89 bits per heavy atom. The lowest BCUT2D eigenvalue weighted by Crippen LogP contribution is -2.06. The second kappa shape index (κ2) is 6.38. The molecule has 0 atom stereocenters. The van der Waals surface area contributed by atoms with Gasteiger partial charge >= 0.3 is 0 Å². The molecule has 2 aromatic rings. The van der Waals surface area contributed by atoms with Crippen LogP contribution in [0.15, 0.2) is 35.1 Å². The molecule has 1 heterocycles. The highest BCUT2D eigenvalue weighted by Gasteiger charge is 2.03. The molecular formula is C13H14Br2N2O. The van der Waals surface area contributed by atoms with Gasteiger partial charge in [-0.1, -0.05) is 31.9 Å². The number of benzene rings is 1. The number of aromatic nitrogens is 2. The van der Waals surface area contributed by atoms with Crippen LogP contribution >= 0.6 is 31.9 Å². The van der Waals surface area contributed by atoms with E-state index in [1.165, 1.54) is 5.56 Å². The zero-order valence-electron chi connectivity index (χ0n) is 10.1. The molecule has 0 radical (unpaired) electrons. The summed E-state index contributed by atoms with van der Waals surface area (Å²) in [6.45, 7) is 0.633. The molecule has 0 saturated heterocycles. The van der Waals surface area contributed by atoms with E-state index in [-0.39, 0.29) is 0 Å². The molecule has 0 fully saturated rings. The first kappa shape index (κ1) is 13.6. The molecule has 96 valence electrons. The van der Waals surface area contributed by atoms with Crippen LogP contribution < -0.4 is 4.74 Å². The molecule has 0 amide bonds. The first-order chi connectivity index (χ1) is 8.70. The molecule has 0 aliphatic carbocycles. The Labute approximate surface area is 123 Å². The quantitative estimate of drug-likeness (QED) is 0.747. The Morgan fingerprint density at radius 2 is 2.22 bits per heavy atom. The number of ether oxygens (including phenoxy) is 1. The zero-order chi connectivity index (χ0) is 13.0. The number of alkyl halides is 1. The van der Waals surface area contributed by atoms with E-state index < -0.39 is 0 Å². The molecule has 0 N–H and O–H groups in total. The Morgan fingerprint density at radius 1 is 1.39 bits per heavy atom. The maximum atomic E-state index is 5.74. The second-order valence-electron chi connectivity index (χ2n) is 3.94. The van der Waals surface area contributed by atoms with Gasteiger partial charge in [0.15, 0.2) is 0 Å². The molecule has 3 nitrogen and oxygen atoms in total. The van der Waals surface area contributed by atoms with Crippen molar-refractivity contribution in [2.75, 3.05) is 6.61 Å². The molecule has 0 aliphatic heterocycles. The number of nitrogens with zero attached hydrogens (tertiary/aromatic N) is 2. The van der Waals surface area contributed by atoms with E-state index >= 15 is 0 Å². The lowest BCUT2D eigenvalue weighted by molar-refractivity contribution is 0.317. The van der Waals surface area contributed by atoms with Gasteiger partial charge in [-0.05, 0) is 23.8 Å². The second-order valence-corrected chi connectivity index (χ2v) is 5.35. The van der Waals surface area contributed by atoms with Gasteiger partial charge in [-0.3, -0.25) is 0 Å². The summed E-state index contributed by atoms with van der Waals surface area (Å²) in [6.07, 6.45) is 4.55. The molecule has 1 aromatic carbocycles. The largest absolute Gasteiger partial charge is 0.493 e. The van der Waals surface area contributed by atoms with E-state index in [9.17, 15) is 0 Å². The standard InChI is InChI=1S/C13H14Br2N2O/c1-17-6-5-16-13(17)4-7-18-11-2-3-12(15)10(8-11)9-14/h2-3,5-6,8H,4,7,9H2,1H3. The minimum atomic E-state index is 0.633. The van der Waals surface area contributed by atoms with Crippen LogP contribution in [0.5, 0.6) is 5.75 Å². The molecule has 5 heteroatoms. The molecule has 0 unspecified atom stereocenters. The van der Waals surface area contributed by atoms with Gasteiger partial charge in [0.05, 0.1) is 6.61 Å². The molecule has 2 rings (SSSR count). The average Bonchev–Trinajstić information content (AvgIpc) is 2.77. The molecule has 18 heavy (non-hydrogen) atoms. The monoisotopic (exact) mass is 372 g/mol. The Bertz CT molecular complexity index is 525. The lowest BCUT2D eigenvalue weighted by atomic mass is 10.2. The fraction of sp³-hybridized carbons (Fsp3) is 0.308. The maximum absolute atomic E-state index is 5.74. The highest BCUT2D eigenvalue weighted by molar-refractivity contribution is 9.10. The minimum absolute atomic E-state index is 0.633. The van der Waals surface area contributed by atoms with E-state index in [2.05, 4.69) is 36.8 Å². The van der Waals surface area contributed by atoms with Crippen LogP contribution in [0.25, 0.3) is 0 Å². The fourth-order valence-electron chi connectivity index (χ4n) is 1.64. The summed E-state index contributed by atoms with van der Waals surface area (Å²) in [5.41, 5.74) is 1.18. The number of aryl methyl sites for hydroxylation is 1. The van der Waals surface area contributed by atoms with Crippen molar-refractivity contribution in [2.24, 2.45) is 7.05 Å². The molecule has 0 saturated carbocycles. The third-order valence-electron chi connectivity index (χ3n) is 2.68. The van der Waals surface area contributed by atoms with Gasteiger partial charge in [-0.25, -0.2) is 4.98 Å². The topological polar surface area (TPSA) is 27.1 Å². The molecular weight excluding hydrogens is 360 g/mol. The van der Waals surface area contributed by atoms with E-state index in [1.807, 2.05) is 36.0 Å². The predicted molar refractivity (Wildman–Crippen MR) is 79.2 cm³/mol. The highest BCUT2D eigenvalue weighted by Crippen LogP contribution is 2.24. The lowest BCUT2D eigenvalue weighted by Gasteiger charge is -2.08. The molecule has 0 spiro atoms. The van der Waals surface area contributed by atoms with Gasteiger partial charge < -0.3 is 9.30 Å². The Balaban J connectivity index is 1.92. The highest BCUT2D eigenvalue weighted by atomic mass is 79.9. The zero-order valence-corrected chi connectivity index (χ0v) is 13.2. The van der Waals surface area contributed by atoms with E-state index in [4.69, 9.17) is 4.74 Å². The minimum Gasteiger partial charge on any atom is -0.493 e. The van der Waals surface area contributed by atoms with Crippen molar-refractivity contribution in [3.8, 4) is 5.75 Å². The summed E-state index contributed by atoms with van der Waals surface area (Å²) < 4.78 is 8.84. The molecule has 1 aromatic heterocycles. The third-order valence-corrected chi connectivity index (χ3v) is 4.05. The van der Waals surface area contributed by atoms with Gasteiger partial charge in [0, 0.05) is 35.7 Å². The normalized spacial score (nSPS) is 10.6. The van der Waals surface area contributed by atoms with E-state index in [1.54, 1.807) is 6.20 Å². The summed E-state index contributed by atoms with van der Waals surface area (Å²) in [7, 11) is 1.99. The number of halogens is 2. The van der Waals surface area contributed by atoms with Crippen LogP contribution in [-0.4, -0.2) is 16.2 Å². The van der Waals surface area contributed by atoms with Crippen LogP contribution in [0.4, 0.5) is 0 Å². The van der Waals surface area contributed by atoms with Crippen LogP contribution in [0, 0.1) is 0 Å². The fourth-order valence-corrected chi connectivity index (χ4v) is 2.87. The summed E-state index contributed by atoms with van der Waals surface area (Å²) in [5, 5.41) is 0.810. The van der Waals surface area contributed by atoms with Crippen molar-refractivity contribution in [2.45, 2.75) is 11.8 Å². The van der Waals surface area contributed by atoms with Crippen molar-refractivity contribution in [1.82, 2.24) is 9.55 Å². The summed E-state index contributed by atoms with van der Waals surface area (Å²) in [6, 6.07) is 6.01. The van der Waals surface area contributed by atoms with Crippen molar-refractivity contribution in [3.05, 3.63) is 46.5 Å². The van der Waals surface area contributed by atoms with E-state index in [0.29, 0.717) is 6.61 Å². The smallest absolute Gasteiger partial charge is 0.119 e. The van der Waals surface area contributed by atoms with Crippen molar-refractivity contribution in [1.29, 1.82) is 0 Å². The van der Waals surface area contributed by atoms with Crippen LogP contribution in [0.1, 0.15) is 11.4 Å². The molecule has 0 bridgehead atoms. The summed E-state index contributed by atoms with van der Waals surface area (Å²) >= 11 is 6.95. The van der Waals surface area contributed by atoms with E-state index in [0.717, 1.165) is 27.8 Å². The Hall–Kier alpha value is -0.810. The maximum Gasteiger partial charge on any atom is 0.119 e. The summed E-state index contributed by atoms with van der Waals surface area (Å²) in [4.78, 5) is 4.26. The number of hydrogen-bond donors (Lipinski definition) is 0. The first-order valence-electron chi connectivity index (χ1n) is 5.64. The predicted octanol–water partition coefficient (Wildman–Crippen LogP) is 3.70. The van der Waals surface area contributed by atoms with Crippen LogP contribution in [0.2, 0.25) is 0 Å². The van der Waals surface area contributed by atoms with Crippen molar-refractivity contribution < 1.29 is 4.74 Å². The first-order valence-corrected chi connectivity index (χ1v) is 7.55. The number of rotatable bonds is 5.